The first kappa shape index (κ1) is 21.8. The summed E-state index contributed by atoms with van der Waals surface area (Å²) in [5.41, 5.74) is 5.12. The number of nitrogens with zero attached hydrogens (tertiary/aromatic N) is 3. The summed E-state index contributed by atoms with van der Waals surface area (Å²) in [7, 11) is 0. The van der Waals surface area contributed by atoms with Gasteiger partial charge in [0.05, 0.1) is 0 Å². The number of amides is 2. The molecule has 2 amide bonds. The van der Waals surface area contributed by atoms with Crippen LogP contribution in [0.2, 0.25) is 0 Å². The van der Waals surface area contributed by atoms with E-state index in [-0.39, 0.29) is 27.8 Å². The van der Waals surface area contributed by atoms with Crippen LogP contribution in [0.15, 0.2) is 38.7 Å². The fourth-order valence-corrected chi connectivity index (χ4v) is 5.60. The van der Waals surface area contributed by atoms with Crippen molar-refractivity contribution in [1.29, 1.82) is 0 Å². The molecule has 0 bridgehead atoms. The Morgan fingerprint density at radius 3 is 2.75 bits per heavy atom. The van der Waals surface area contributed by atoms with Crippen molar-refractivity contribution in [2.45, 2.75) is 11.4 Å². The van der Waals surface area contributed by atoms with Crippen molar-refractivity contribution in [1.82, 2.24) is 19.6 Å². The molecule has 0 unspecified atom stereocenters. The number of oxime groups is 1. The highest BCUT2D eigenvalue weighted by atomic mass is 32.2. The van der Waals surface area contributed by atoms with E-state index in [2.05, 4.69) is 19.8 Å². The Morgan fingerprint density at radius 1 is 1.38 bits per heavy atom. The quantitative estimate of drug-likeness (QED) is 0.160. The number of anilines is 1. The van der Waals surface area contributed by atoms with E-state index in [0.29, 0.717) is 10.5 Å². The van der Waals surface area contributed by atoms with Crippen molar-refractivity contribution in [3.8, 4) is 0 Å². The molecular formula is C17H14N6O6S3. The predicted octanol–water partition coefficient (Wildman–Crippen LogP) is 0.105. The van der Waals surface area contributed by atoms with Crippen molar-refractivity contribution < 1.29 is 24.7 Å². The number of hydrogen-bond donors (Lipinski definition) is 5. The molecule has 166 valence electrons. The largest absolute Gasteiger partial charge is 0.477 e. The number of nitrogens with one attached hydrogen (secondary N) is 2. The molecule has 1 saturated heterocycles. The van der Waals surface area contributed by atoms with Crippen molar-refractivity contribution in [2.75, 3.05) is 11.5 Å². The van der Waals surface area contributed by atoms with E-state index in [1.54, 1.807) is 12.2 Å². The van der Waals surface area contributed by atoms with Gasteiger partial charge in [-0.1, -0.05) is 22.8 Å². The van der Waals surface area contributed by atoms with Gasteiger partial charge in [-0.3, -0.25) is 23.7 Å². The average Bonchev–Trinajstić information content (AvgIpc) is 3.38. The zero-order valence-corrected chi connectivity index (χ0v) is 18.3. The van der Waals surface area contributed by atoms with Crippen LogP contribution < -0.4 is 16.6 Å². The highest BCUT2D eigenvalue weighted by molar-refractivity contribution is 8.00. The monoisotopic (exact) mass is 494 g/mol. The number of fused-ring (bicyclic) bond motifs is 1. The van der Waals surface area contributed by atoms with Crippen LogP contribution >= 0.6 is 34.6 Å². The minimum absolute atomic E-state index is 0.0537. The molecule has 32 heavy (non-hydrogen) atoms. The Hall–Kier alpha value is -3.43. The summed E-state index contributed by atoms with van der Waals surface area (Å²) in [6, 6.07) is 0.368. The van der Waals surface area contributed by atoms with E-state index < -0.39 is 34.9 Å². The zero-order chi connectivity index (χ0) is 23.0. The number of allylic oxidation sites excluding steroid dienone is 1. The number of nitrogens with two attached hydrogens (primary N) is 1. The minimum atomic E-state index is -1.29. The normalized spacial score (nSPS) is 20.9. The Bertz CT molecular complexity index is 1260. The third-order valence-corrected chi connectivity index (χ3v) is 7.33. The standard InChI is InChI=1S/C17H14N6O6S3/c18-17-19-8(5-31-17)10(21-29)13(25)20-11-14(26)23-12(16(27)28)6(4-30-15(11)23)1-2-7-3-9(24)22-32-7/h1-3,5,11,15,29H,4H2,(H2,18,19)(H,20,25)(H,22,24)(H,27,28)/b2-1+,21-10-/t11-,15-/m1/s1. The topological polar surface area (TPSA) is 191 Å². The van der Waals surface area contributed by atoms with Crippen LogP contribution in [0.3, 0.4) is 0 Å². The number of carbonyl (C=O) groups excluding carboxylic acids is 2. The Kier molecular flexibility index (Phi) is 5.86. The third kappa shape index (κ3) is 3.92. The minimum Gasteiger partial charge on any atom is -0.477 e. The molecule has 0 spiro atoms. The van der Waals surface area contributed by atoms with Crippen molar-refractivity contribution in [2.24, 2.45) is 5.16 Å². The number of hydrogen-bond acceptors (Lipinski definition) is 11. The molecule has 1 fully saturated rings. The van der Waals surface area contributed by atoms with Gasteiger partial charge in [-0.2, -0.15) is 0 Å². The van der Waals surface area contributed by atoms with Gasteiger partial charge >= 0.3 is 5.97 Å². The second kappa shape index (κ2) is 8.60. The van der Waals surface area contributed by atoms with E-state index in [0.717, 1.165) is 27.8 Å². The van der Waals surface area contributed by atoms with Gasteiger partial charge in [-0.25, -0.2) is 9.78 Å². The molecule has 0 saturated carbocycles. The van der Waals surface area contributed by atoms with Gasteiger partial charge < -0.3 is 21.4 Å². The molecule has 6 N–H and O–H groups in total. The lowest BCUT2D eigenvalue weighted by molar-refractivity contribution is -0.150. The second-order valence-electron chi connectivity index (χ2n) is 6.51. The van der Waals surface area contributed by atoms with Crippen LogP contribution in [-0.4, -0.2) is 65.2 Å². The Labute approximate surface area is 191 Å². The number of H-pyrrole nitrogens is 1. The first-order chi connectivity index (χ1) is 15.3. The molecule has 0 aromatic carbocycles. The van der Waals surface area contributed by atoms with Crippen LogP contribution in [0.25, 0.3) is 6.08 Å². The number of aromatic nitrogens is 2. The maximum Gasteiger partial charge on any atom is 0.352 e. The molecule has 0 radical (unpaired) electrons. The maximum atomic E-state index is 12.7. The average molecular weight is 495 g/mol. The van der Waals surface area contributed by atoms with Gasteiger partial charge in [-0.15, -0.1) is 23.1 Å². The Balaban J connectivity index is 1.53. The molecule has 2 aliphatic heterocycles. The predicted molar refractivity (Wildman–Crippen MR) is 119 cm³/mol. The molecule has 4 heterocycles. The smallest absolute Gasteiger partial charge is 0.352 e. The molecule has 2 aliphatic rings. The van der Waals surface area contributed by atoms with Gasteiger partial charge in [0, 0.05) is 22.1 Å². The van der Waals surface area contributed by atoms with Crippen LogP contribution in [0.4, 0.5) is 5.13 Å². The number of carboxylic acid groups (broad SMARTS) is 1. The lowest BCUT2D eigenvalue weighted by Gasteiger charge is -2.49. The van der Waals surface area contributed by atoms with E-state index in [1.807, 2.05) is 0 Å². The fourth-order valence-electron chi connectivity index (χ4n) is 3.15. The van der Waals surface area contributed by atoms with Gasteiger partial charge in [-0.05, 0) is 11.6 Å². The number of carbonyl (C=O) groups is 3. The lowest BCUT2D eigenvalue weighted by Crippen LogP contribution is -2.71. The van der Waals surface area contributed by atoms with Crippen molar-refractivity contribution in [3.63, 3.8) is 0 Å². The highest BCUT2D eigenvalue weighted by Crippen LogP contribution is 2.40. The summed E-state index contributed by atoms with van der Waals surface area (Å²) >= 11 is 3.42. The number of thioether (sulfide) groups is 1. The number of rotatable bonds is 6. The summed E-state index contributed by atoms with van der Waals surface area (Å²) in [6.45, 7) is 0. The number of β-lactam (4-membered cyclic amide) rings is 1. The molecule has 4 rings (SSSR count). The SMILES string of the molecule is Nc1nc(/C(=N/O)C(=O)N[C@@H]2C(=O)N3C(C(=O)O)=C(/C=C/c4cc(=O)[nH]s4)CS[C@H]23)cs1. The van der Waals surface area contributed by atoms with Gasteiger partial charge in [0.25, 0.3) is 17.4 Å². The molecular weight excluding hydrogens is 480 g/mol. The van der Waals surface area contributed by atoms with Crippen molar-refractivity contribution >= 4 is 69.3 Å². The molecule has 2 atom stereocenters. The lowest BCUT2D eigenvalue weighted by atomic mass is 10.0. The summed E-state index contributed by atoms with van der Waals surface area (Å²) in [5.74, 6) is -2.47. The second-order valence-corrected chi connectivity index (χ2v) is 9.38. The maximum absolute atomic E-state index is 12.7. The first-order valence-electron chi connectivity index (χ1n) is 8.82. The van der Waals surface area contributed by atoms with E-state index in [4.69, 9.17) is 5.73 Å². The van der Waals surface area contributed by atoms with Gasteiger partial charge in [0.2, 0.25) is 0 Å². The number of aliphatic carboxylic acids is 1. The molecule has 0 aliphatic carbocycles. The summed E-state index contributed by atoms with van der Waals surface area (Å²) in [4.78, 5) is 54.0. The highest BCUT2D eigenvalue weighted by Gasteiger charge is 2.54. The molecule has 15 heteroatoms. The summed E-state index contributed by atoms with van der Waals surface area (Å²) < 4.78 is 2.53. The molecule has 2 aromatic rings. The summed E-state index contributed by atoms with van der Waals surface area (Å²) in [5, 5.41) is 25.3. The summed E-state index contributed by atoms with van der Waals surface area (Å²) in [6.07, 6.45) is 3.14. The van der Waals surface area contributed by atoms with E-state index >= 15 is 0 Å². The van der Waals surface area contributed by atoms with Crippen LogP contribution in [0, 0.1) is 0 Å². The van der Waals surface area contributed by atoms with Gasteiger partial charge in [0.1, 0.15) is 22.8 Å². The van der Waals surface area contributed by atoms with E-state index in [1.165, 1.54) is 23.2 Å². The zero-order valence-electron chi connectivity index (χ0n) is 15.8. The third-order valence-electron chi connectivity index (χ3n) is 4.56. The Morgan fingerprint density at radius 2 is 2.16 bits per heavy atom. The van der Waals surface area contributed by atoms with Crippen LogP contribution in [0.5, 0.6) is 0 Å². The van der Waals surface area contributed by atoms with Crippen molar-refractivity contribution in [3.05, 3.63) is 49.7 Å². The number of thiazole rings is 1. The fraction of sp³-hybridized carbons (Fsp3) is 0.176. The first-order valence-corrected chi connectivity index (χ1v) is 11.6. The molecule has 12 nitrogen and oxygen atoms in total. The molecule has 2 aromatic heterocycles. The van der Waals surface area contributed by atoms with Crippen LogP contribution in [0.1, 0.15) is 10.6 Å². The van der Waals surface area contributed by atoms with Gasteiger partial charge in [0.15, 0.2) is 10.8 Å². The number of nitrogen functional groups attached to an aromatic ring is 1. The number of carboxylic acids is 1. The van der Waals surface area contributed by atoms with Crippen LogP contribution in [-0.2, 0) is 14.4 Å². The number of aromatic amines is 1. The van der Waals surface area contributed by atoms with E-state index in [9.17, 15) is 29.5 Å².